The maximum absolute atomic E-state index is 12.5. The topological polar surface area (TPSA) is 60.5 Å². The molecule has 2 aromatic carbocycles. The fourth-order valence-corrected chi connectivity index (χ4v) is 2.59. The Morgan fingerprint density at radius 1 is 1.08 bits per heavy atom. The molecule has 0 atom stereocenters. The molecule has 5 nitrogen and oxygen atoms in total. The standard InChI is InChI=1S/C19H18N2O3/c1-23-15-8-9-17(24-2)14(11-15)12-18(22)21-16-7-3-5-13-6-4-10-20-19(13)16/h3-11H,12H2,1-2H3,(H,21,22). The minimum atomic E-state index is -0.139. The molecule has 122 valence electrons. The molecule has 1 N–H and O–H groups in total. The first-order valence-electron chi connectivity index (χ1n) is 7.56. The number of carbonyl (C=O) groups is 1. The normalized spacial score (nSPS) is 10.4. The lowest BCUT2D eigenvalue weighted by atomic mass is 10.1. The number of fused-ring (bicyclic) bond motifs is 1. The molecule has 1 heterocycles. The van der Waals surface area contributed by atoms with E-state index in [1.165, 1.54) is 0 Å². The Kier molecular flexibility index (Phi) is 4.61. The van der Waals surface area contributed by atoms with Gasteiger partial charge in [0.15, 0.2) is 0 Å². The van der Waals surface area contributed by atoms with Gasteiger partial charge < -0.3 is 14.8 Å². The lowest BCUT2D eigenvalue weighted by Crippen LogP contribution is -2.15. The zero-order chi connectivity index (χ0) is 16.9. The van der Waals surface area contributed by atoms with E-state index in [1.807, 2.05) is 30.3 Å². The van der Waals surface area contributed by atoms with Crippen molar-refractivity contribution in [3.63, 3.8) is 0 Å². The van der Waals surface area contributed by atoms with Crippen molar-refractivity contribution in [2.75, 3.05) is 19.5 Å². The average Bonchev–Trinajstić information content (AvgIpc) is 2.62. The highest BCUT2D eigenvalue weighted by molar-refractivity contribution is 6.01. The molecule has 0 radical (unpaired) electrons. The van der Waals surface area contributed by atoms with E-state index in [0.717, 1.165) is 16.5 Å². The predicted molar refractivity (Wildman–Crippen MR) is 93.6 cm³/mol. The molecular weight excluding hydrogens is 304 g/mol. The predicted octanol–water partition coefficient (Wildman–Crippen LogP) is 3.43. The first kappa shape index (κ1) is 15.8. The first-order valence-corrected chi connectivity index (χ1v) is 7.56. The highest BCUT2D eigenvalue weighted by Gasteiger charge is 2.12. The molecule has 0 bridgehead atoms. The van der Waals surface area contributed by atoms with Gasteiger partial charge in [0.1, 0.15) is 11.5 Å². The summed E-state index contributed by atoms with van der Waals surface area (Å²) >= 11 is 0. The Bertz CT molecular complexity index is 872. The Balaban J connectivity index is 1.83. The van der Waals surface area contributed by atoms with Gasteiger partial charge >= 0.3 is 0 Å². The third kappa shape index (κ3) is 3.30. The van der Waals surface area contributed by atoms with Gasteiger partial charge in [0.25, 0.3) is 0 Å². The second kappa shape index (κ2) is 7.00. The molecule has 24 heavy (non-hydrogen) atoms. The highest BCUT2D eigenvalue weighted by atomic mass is 16.5. The van der Waals surface area contributed by atoms with Gasteiger partial charge in [-0.3, -0.25) is 9.78 Å². The molecule has 0 aliphatic carbocycles. The van der Waals surface area contributed by atoms with Crippen molar-refractivity contribution in [1.82, 2.24) is 4.98 Å². The van der Waals surface area contributed by atoms with Crippen LogP contribution in [-0.2, 0) is 11.2 Å². The van der Waals surface area contributed by atoms with Crippen molar-refractivity contribution >= 4 is 22.5 Å². The van der Waals surface area contributed by atoms with E-state index in [9.17, 15) is 4.79 Å². The first-order chi connectivity index (χ1) is 11.7. The van der Waals surface area contributed by atoms with Crippen molar-refractivity contribution in [3.05, 3.63) is 60.3 Å². The Hall–Kier alpha value is -3.08. The molecule has 0 aliphatic heterocycles. The van der Waals surface area contributed by atoms with Crippen molar-refractivity contribution in [3.8, 4) is 11.5 Å². The van der Waals surface area contributed by atoms with Gasteiger partial charge in [-0.15, -0.1) is 0 Å². The average molecular weight is 322 g/mol. The fraction of sp³-hybridized carbons (Fsp3) is 0.158. The van der Waals surface area contributed by atoms with Gasteiger partial charge in [-0.25, -0.2) is 0 Å². The van der Waals surface area contributed by atoms with Crippen LogP contribution < -0.4 is 14.8 Å². The van der Waals surface area contributed by atoms with Crippen LogP contribution >= 0.6 is 0 Å². The van der Waals surface area contributed by atoms with Crippen LogP contribution in [0.2, 0.25) is 0 Å². The third-order valence-electron chi connectivity index (χ3n) is 3.75. The quantitative estimate of drug-likeness (QED) is 0.782. The number of aromatic nitrogens is 1. The number of hydrogen-bond acceptors (Lipinski definition) is 4. The van der Waals surface area contributed by atoms with Gasteiger partial charge in [0.2, 0.25) is 5.91 Å². The zero-order valence-corrected chi connectivity index (χ0v) is 13.6. The van der Waals surface area contributed by atoms with Gasteiger partial charge in [0.05, 0.1) is 31.8 Å². The van der Waals surface area contributed by atoms with Gasteiger partial charge in [-0.05, 0) is 30.3 Å². The fourth-order valence-electron chi connectivity index (χ4n) is 2.59. The number of nitrogens with zero attached hydrogens (tertiary/aromatic N) is 1. The summed E-state index contributed by atoms with van der Waals surface area (Å²) in [5.41, 5.74) is 2.23. The zero-order valence-electron chi connectivity index (χ0n) is 13.6. The minimum absolute atomic E-state index is 0.139. The highest BCUT2D eigenvalue weighted by Crippen LogP contribution is 2.25. The molecule has 0 saturated heterocycles. The largest absolute Gasteiger partial charge is 0.497 e. The number of anilines is 1. The van der Waals surface area contributed by atoms with Crippen molar-refractivity contribution in [2.24, 2.45) is 0 Å². The van der Waals surface area contributed by atoms with Crippen molar-refractivity contribution < 1.29 is 14.3 Å². The van der Waals surface area contributed by atoms with Crippen LogP contribution in [0.5, 0.6) is 11.5 Å². The van der Waals surface area contributed by atoms with E-state index in [2.05, 4.69) is 10.3 Å². The van der Waals surface area contributed by atoms with E-state index in [-0.39, 0.29) is 12.3 Å². The maximum Gasteiger partial charge on any atom is 0.228 e. The molecule has 0 aliphatic rings. The third-order valence-corrected chi connectivity index (χ3v) is 3.75. The van der Waals surface area contributed by atoms with Crippen LogP contribution in [0.3, 0.4) is 0 Å². The lowest BCUT2D eigenvalue weighted by molar-refractivity contribution is -0.115. The van der Waals surface area contributed by atoms with Crippen LogP contribution in [0.4, 0.5) is 5.69 Å². The Morgan fingerprint density at radius 3 is 2.71 bits per heavy atom. The van der Waals surface area contributed by atoms with E-state index in [0.29, 0.717) is 17.2 Å². The van der Waals surface area contributed by atoms with Gasteiger partial charge in [0, 0.05) is 17.1 Å². The molecule has 0 saturated carbocycles. The monoisotopic (exact) mass is 322 g/mol. The van der Waals surface area contributed by atoms with Crippen LogP contribution in [0.1, 0.15) is 5.56 Å². The number of amides is 1. The number of carbonyl (C=O) groups excluding carboxylic acids is 1. The maximum atomic E-state index is 12.5. The van der Waals surface area contributed by atoms with Crippen LogP contribution in [0.15, 0.2) is 54.7 Å². The summed E-state index contributed by atoms with van der Waals surface area (Å²) in [6.45, 7) is 0. The second-order valence-corrected chi connectivity index (χ2v) is 5.28. The number of ether oxygens (including phenoxy) is 2. The molecule has 3 rings (SSSR count). The smallest absolute Gasteiger partial charge is 0.228 e. The number of pyridine rings is 1. The molecule has 0 unspecified atom stereocenters. The number of nitrogens with one attached hydrogen (secondary N) is 1. The summed E-state index contributed by atoms with van der Waals surface area (Å²) in [4.78, 5) is 16.8. The van der Waals surface area contributed by atoms with E-state index in [1.54, 1.807) is 38.6 Å². The van der Waals surface area contributed by atoms with Crippen molar-refractivity contribution in [1.29, 1.82) is 0 Å². The number of hydrogen-bond donors (Lipinski definition) is 1. The number of methoxy groups -OCH3 is 2. The summed E-state index contributed by atoms with van der Waals surface area (Å²) in [6.07, 6.45) is 1.90. The van der Waals surface area contributed by atoms with Crippen LogP contribution in [-0.4, -0.2) is 25.1 Å². The van der Waals surface area contributed by atoms with Gasteiger partial charge in [-0.1, -0.05) is 18.2 Å². The molecular formula is C19H18N2O3. The summed E-state index contributed by atoms with van der Waals surface area (Å²) in [6, 6.07) is 14.9. The summed E-state index contributed by atoms with van der Waals surface area (Å²) < 4.78 is 10.5. The van der Waals surface area contributed by atoms with Crippen molar-refractivity contribution in [2.45, 2.75) is 6.42 Å². The van der Waals surface area contributed by atoms with E-state index >= 15 is 0 Å². The minimum Gasteiger partial charge on any atom is -0.497 e. The van der Waals surface area contributed by atoms with Crippen LogP contribution in [0.25, 0.3) is 10.9 Å². The summed E-state index contributed by atoms with van der Waals surface area (Å²) in [7, 11) is 3.17. The molecule has 1 amide bonds. The lowest BCUT2D eigenvalue weighted by Gasteiger charge is -2.11. The number of rotatable bonds is 5. The molecule has 0 fully saturated rings. The molecule has 0 spiro atoms. The molecule has 5 heteroatoms. The van der Waals surface area contributed by atoms with E-state index < -0.39 is 0 Å². The number of benzene rings is 2. The van der Waals surface area contributed by atoms with E-state index in [4.69, 9.17) is 9.47 Å². The number of para-hydroxylation sites is 1. The van der Waals surface area contributed by atoms with Crippen LogP contribution in [0, 0.1) is 0 Å². The SMILES string of the molecule is COc1ccc(OC)c(CC(=O)Nc2cccc3cccnc23)c1. The molecule has 3 aromatic rings. The Labute approximate surface area is 140 Å². The Morgan fingerprint density at radius 2 is 1.92 bits per heavy atom. The molecule has 1 aromatic heterocycles. The van der Waals surface area contributed by atoms with Gasteiger partial charge in [-0.2, -0.15) is 0 Å². The second-order valence-electron chi connectivity index (χ2n) is 5.28. The summed E-state index contributed by atoms with van der Waals surface area (Å²) in [5.74, 6) is 1.20. The summed E-state index contributed by atoms with van der Waals surface area (Å²) in [5, 5.41) is 3.91.